The van der Waals surface area contributed by atoms with E-state index in [2.05, 4.69) is 4.74 Å². The first-order valence-electron chi connectivity index (χ1n) is 7.65. The zero-order valence-corrected chi connectivity index (χ0v) is 14.9. The molecule has 140 valence electrons. The molecule has 0 aliphatic heterocycles. The van der Waals surface area contributed by atoms with Gasteiger partial charge in [-0.05, 0) is 22.7 Å². The quantitative estimate of drug-likeness (QED) is 0.505. The molecule has 0 heterocycles. The Labute approximate surface area is 134 Å². The van der Waals surface area contributed by atoms with E-state index in [0.29, 0.717) is 0 Å². The van der Waals surface area contributed by atoms with Crippen molar-refractivity contribution in [3.05, 3.63) is 0 Å². The van der Waals surface area contributed by atoms with E-state index in [9.17, 15) is 26.3 Å². The number of alkyl halides is 6. The molecule has 0 N–H and O–H groups in total. The summed E-state index contributed by atoms with van der Waals surface area (Å²) in [7, 11) is 0. The van der Waals surface area contributed by atoms with Crippen molar-refractivity contribution < 1.29 is 31.1 Å². The fourth-order valence-electron chi connectivity index (χ4n) is 2.87. The molecular formula is C16H28F6O. The Hall–Kier alpha value is -0.460. The molecule has 0 rings (SSSR count). The number of hydrogen-bond acceptors (Lipinski definition) is 1. The second-order valence-corrected chi connectivity index (χ2v) is 7.90. The maximum Gasteiger partial charge on any atom is 0.423 e. The number of halogens is 6. The van der Waals surface area contributed by atoms with E-state index in [-0.39, 0.29) is 17.3 Å². The lowest BCUT2D eigenvalue weighted by Gasteiger charge is -2.53. The van der Waals surface area contributed by atoms with Crippen molar-refractivity contribution in [2.45, 2.75) is 79.8 Å². The summed E-state index contributed by atoms with van der Waals surface area (Å²) in [5, 5.41) is 0. The van der Waals surface area contributed by atoms with Crippen molar-refractivity contribution in [3.8, 4) is 0 Å². The van der Waals surface area contributed by atoms with E-state index in [1.807, 2.05) is 48.5 Å². The fourth-order valence-corrected chi connectivity index (χ4v) is 2.87. The molecule has 0 fully saturated rings. The van der Waals surface area contributed by atoms with Gasteiger partial charge in [0.05, 0.1) is 0 Å². The molecule has 0 saturated carbocycles. The molecule has 0 spiro atoms. The fraction of sp³-hybridized carbons (Fsp3) is 1.00. The Bertz CT molecular complexity index is 364. The van der Waals surface area contributed by atoms with Gasteiger partial charge < -0.3 is 4.74 Å². The summed E-state index contributed by atoms with van der Waals surface area (Å²) in [6.07, 6.45) is -13.8. The van der Waals surface area contributed by atoms with Gasteiger partial charge in [-0.2, -0.15) is 26.3 Å². The molecular weight excluding hydrogens is 322 g/mol. The topological polar surface area (TPSA) is 9.23 Å². The van der Waals surface area contributed by atoms with Gasteiger partial charge in [0.1, 0.15) is 0 Å². The maximum atomic E-state index is 12.5. The van der Waals surface area contributed by atoms with E-state index in [1.54, 1.807) is 0 Å². The Morgan fingerprint density at radius 3 is 1.43 bits per heavy atom. The summed E-state index contributed by atoms with van der Waals surface area (Å²) in [5.41, 5.74) is -1.06. The highest BCUT2D eigenvalue weighted by atomic mass is 19.4. The molecule has 1 nitrogen and oxygen atoms in total. The summed E-state index contributed by atoms with van der Waals surface area (Å²) >= 11 is 0. The van der Waals surface area contributed by atoms with Crippen LogP contribution in [0.15, 0.2) is 0 Å². The van der Waals surface area contributed by atoms with E-state index in [4.69, 9.17) is 0 Å². The van der Waals surface area contributed by atoms with Crippen LogP contribution < -0.4 is 0 Å². The lowest BCUT2D eigenvalue weighted by molar-refractivity contribution is -0.323. The summed E-state index contributed by atoms with van der Waals surface area (Å²) < 4.78 is 79.4. The lowest BCUT2D eigenvalue weighted by atomic mass is 9.52. The van der Waals surface area contributed by atoms with Gasteiger partial charge in [-0.15, -0.1) is 0 Å². The number of ether oxygens (including phenoxy) is 1. The average molecular weight is 350 g/mol. The summed E-state index contributed by atoms with van der Waals surface area (Å²) in [6.45, 7) is 13.0. The molecule has 0 aromatic heterocycles. The van der Waals surface area contributed by atoms with Gasteiger partial charge in [-0.1, -0.05) is 54.9 Å². The van der Waals surface area contributed by atoms with Gasteiger partial charge in [0.25, 0.3) is 0 Å². The van der Waals surface area contributed by atoms with Crippen molar-refractivity contribution >= 4 is 0 Å². The smallest absolute Gasteiger partial charge is 0.361 e. The largest absolute Gasteiger partial charge is 0.423 e. The SMILES string of the molecule is CCC(C)(C)C(C)(CCOC(C(F)(F)F)C(F)(F)F)C(C)(C)C. The molecule has 0 saturated heterocycles. The van der Waals surface area contributed by atoms with E-state index in [1.165, 1.54) is 0 Å². The maximum absolute atomic E-state index is 12.5. The number of hydrogen-bond donors (Lipinski definition) is 0. The van der Waals surface area contributed by atoms with Crippen LogP contribution in [0.1, 0.15) is 61.3 Å². The molecule has 1 unspecified atom stereocenters. The molecule has 0 bridgehead atoms. The van der Waals surface area contributed by atoms with Crippen LogP contribution in [-0.2, 0) is 4.74 Å². The summed E-state index contributed by atoms with van der Waals surface area (Å²) in [5.74, 6) is 0. The van der Waals surface area contributed by atoms with Crippen LogP contribution in [-0.4, -0.2) is 25.1 Å². The molecule has 0 aromatic rings. The van der Waals surface area contributed by atoms with Gasteiger partial charge in [-0.3, -0.25) is 0 Å². The van der Waals surface area contributed by atoms with Crippen LogP contribution in [0.4, 0.5) is 26.3 Å². The normalized spacial score (nSPS) is 17.5. The molecule has 1 atom stereocenters. The minimum atomic E-state index is -5.46. The van der Waals surface area contributed by atoms with Crippen LogP contribution >= 0.6 is 0 Å². The van der Waals surface area contributed by atoms with Gasteiger partial charge >= 0.3 is 12.4 Å². The third kappa shape index (κ3) is 5.26. The predicted molar refractivity (Wildman–Crippen MR) is 78.1 cm³/mol. The van der Waals surface area contributed by atoms with Gasteiger partial charge in [-0.25, -0.2) is 0 Å². The molecule has 23 heavy (non-hydrogen) atoms. The van der Waals surface area contributed by atoms with Crippen LogP contribution in [0.3, 0.4) is 0 Å². The molecule has 0 aliphatic rings. The molecule has 0 aliphatic carbocycles. The summed E-state index contributed by atoms with van der Waals surface area (Å²) in [6, 6.07) is 0. The standard InChI is InChI=1S/C16H28F6O/c1-8-13(5,6)14(7,12(2,3)4)9-10-23-11(15(17,18)19)16(20,21)22/h11H,8-10H2,1-7H3. The second kappa shape index (κ2) is 6.81. The molecule has 0 radical (unpaired) electrons. The first-order chi connectivity index (χ1) is 9.90. The Kier molecular flexibility index (Phi) is 6.67. The van der Waals surface area contributed by atoms with E-state index >= 15 is 0 Å². The molecule has 7 heteroatoms. The minimum absolute atomic E-state index is 0.111. The lowest BCUT2D eigenvalue weighted by Crippen LogP contribution is -2.48. The van der Waals surface area contributed by atoms with Crippen LogP contribution in [0.25, 0.3) is 0 Å². The third-order valence-corrected chi connectivity index (χ3v) is 5.51. The van der Waals surface area contributed by atoms with Gasteiger partial charge in [0, 0.05) is 6.61 Å². The van der Waals surface area contributed by atoms with Crippen LogP contribution in [0.5, 0.6) is 0 Å². The Morgan fingerprint density at radius 1 is 0.783 bits per heavy atom. The average Bonchev–Trinajstić information content (AvgIpc) is 2.29. The van der Waals surface area contributed by atoms with E-state index < -0.39 is 30.5 Å². The first-order valence-corrected chi connectivity index (χ1v) is 7.65. The predicted octanol–water partition coefficient (Wildman–Crippen LogP) is 6.37. The molecule has 0 amide bonds. The first kappa shape index (κ1) is 22.5. The summed E-state index contributed by atoms with van der Waals surface area (Å²) in [4.78, 5) is 0. The minimum Gasteiger partial charge on any atom is -0.361 e. The Morgan fingerprint density at radius 2 is 1.17 bits per heavy atom. The van der Waals surface area contributed by atoms with Crippen molar-refractivity contribution in [3.63, 3.8) is 0 Å². The highest BCUT2D eigenvalue weighted by molar-refractivity contribution is 4.96. The second-order valence-electron chi connectivity index (χ2n) is 7.90. The monoisotopic (exact) mass is 350 g/mol. The van der Waals surface area contributed by atoms with E-state index in [0.717, 1.165) is 6.42 Å². The Balaban J connectivity index is 5.24. The van der Waals surface area contributed by atoms with Crippen LogP contribution in [0, 0.1) is 16.2 Å². The van der Waals surface area contributed by atoms with Crippen molar-refractivity contribution in [1.82, 2.24) is 0 Å². The van der Waals surface area contributed by atoms with Crippen molar-refractivity contribution in [1.29, 1.82) is 0 Å². The zero-order valence-electron chi connectivity index (χ0n) is 14.9. The van der Waals surface area contributed by atoms with Gasteiger partial charge in [0.2, 0.25) is 6.10 Å². The van der Waals surface area contributed by atoms with Crippen LogP contribution in [0.2, 0.25) is 0 Å². The highest BCUT2D eigenvalue weighted by Crippen LogP contribution is 2.55. The third-order valence-electron chi connectivity index (χ3n) is 5.51. The van der Waals surface area contributed by atoms with Crippen molar-refractivity contribution in [2.75, 3.05) is 6.61 Å². The highest BCUT2D eigenvalue weighted by Gasteiger charge is 2.58. The number of rotatable bonds is 6. The molecule has 0 aromatic carbocycles. The van der Waals surface area contributed by atoms with Gasteiger partial charge in [0.15, 0.2) is 0 Å². The van der Waals surface area contributed by atoms with Crippen molar-refractivity contribution in [2.24, 2.45) is 16.2 Å². The zero-order chi connectivity index (χ0) is 18.9.